The number of carbonyl (C=O) groups is 2. The number of fused-ring (bicyclic) bond motifs is 1. The molecular formula is C19H18N4O3S2. The van der Waals surface area contributed by atoms with Gasteiger partial charge in [0.2, 0.25) is 11.8 Å². The first-order chi connectivity index (χ1) is 13.5. The van der Waals surface area contributed by atoms with E-state index in [1.807, 2.05) is 30.3 Å². The molecule has 2 heterocycles. The first kappa shape index (κ1) is 18.7. The van der Waals surface area contributed by atoms with Crippen molar-refractivity contribution in [3.8, 4) is 11.5 Å². The van der Waals surface area contributed by atoms with Gasteiger partial charge in [-0.3, -0.25) is 9.59 Å². The van der Waals surface area contributed by atoms with E-state index in [-0.39, 0.29) is 5.91 Å². The van der Waals surface area contributed by atoms with Crippen LogP contribution in [0.1, 0.15) is 34.1 Å². The summed E-state index contributed by atoms with van der Waals surface area (Å²) in [5, 5.41) is 11.2. The number of aromatic nitrogens is 2. The first-order valence-corrected chi connectivity index (χ1v) is 10.5. The Morgan fingerprint density at radius 2 is 2.04 bits per heavy atom. The molecule has 2 aromatic heterocycles. The van der Waals surface area contributed by atoms with E-state index in [0.717, 1.165) is 35.3 Å². The van der Waals surface area contributed by atoms with E-state index in [1.165, 1.54) is 23.1 Å². The van der Waals surface area contributed by atoms with Crippen LogP contribution < -0.4 is 11.1 Å². The van der Waals surface area contributed by atoms with Crippen LogP contribution in [0.15, 0.2) is 40.0 Å². The fourth-order valence-corrected chi connectivity index (χ4v) is 5.11. The highest BCUT2D eigenvalue weighted by molar-refractivity contribution is 8.00. The van der Waals surface area contributed by atoms with Crippen LogP contribution in [0, 0.1) is 0 Å². The summed E-state index contributed by atoms with van der Waals surface area (Å²) < 4.78 is 5.64. The molecule has 4 rings (SSSR count). The summed E-state index contributed by atoms with van der Waals surface area (Å²) in [7, 11) is 0. The van der Waals surface area contributed by atoms with E-state index in [2.05, 4.69) is 15.5 Å². The van der Waals surface area contributed by atoms with Gasteiger partial charge in [0.25, 0.3) is 11.1 Å². The maximum Gasteiger partial charge on any atom is 0.277 e. The molecule has 9 heteroatoms. The summed E-state index contributed by atoms with van der Waals surface area (Å²) in [6, 6.07) is 9.43. The monoisotopic (exact) mass is 414 g/mol. The predicted octanol–water partition coefficient (Wildman–Crippen LogP) is 3.51. The minimum absolute atomic E-state index is 0.244. The molecule has 1 atom stereocenters. The Morgan fingerprint density at radius 3 is 2.79 bits per heavy atom. The van der Waals surface area contributed by atoms with E-state index < -0.39 is 11.2 Å². The lowest BCUT2D eigenvalue weighted by Gasteiger charge is -2.10. The highest BCUT2D eigenvalue weighted by Gasteiger charge is 2.27. The molecule has 0 aliphatic heterocycles. The number of primary amides is 1. The number of amides is 2. The molecule has 0 fully saturated rings. The van der Waals surface area contributed by atoms with Gasteiger partial charge in [0.05, 0.1) is 10.8 Å². The number of thioether (sulfide) groups is 1. The van der Waals surface area contributed by atoms with E-state index in [1.54, 1.807) is 6.92 Å². The smallest absolute Gasteiger partial charge is 0.277 e. The summed E-state index contributed by atoms with van der Waals surface area (Å²) in [4.78, 5) is 25.6. The van der Waals surface area contributed by atoms with Crippen molar-refractivity contribution in [2.45, 2.75) is 36.7 Å². The zero-order valence-corrected chi connectivity index (χ0v) is 16.7. The Balaban J connectivity index is 1.45. The van der Waals surface area contributed by atoms with Crippen molar-refractivity contribution in [3.63, 3.8) is 0 Å². The fourth-order valence-electron chi connectivity index (χ4n) is 3.13. The molecule has 144 valence electrons. The Kier molecular flexibility index (Phi) is 5.19. The lowest BCUT2D eigenvalue weighted by atomic mass is 10.1. The number of benzene rings is 1. The molecule has 3 aromatic rings. The van der Waals surface area contributed by atoms with Crippen molar-refractivity contribution in [3.05, 3.63) is 46.3 Å². The number of aryl methyl sites for hydroxylation is 1. The number of nitrogens with two attached hydrogens (primary N) is 1. The van der Waals surface area contributed by atoms with Gasteiger partial charge in [-0.25, -0.2) is 0 Å². The molecule has 7 nitrogen and oxygen atoms in total. The van der Waals surface area contributed by atoms with Crippen molar-refractivity contribution in [2.75, 3.05) is 5.32 Å². The molecule has 0 saturated carbocycles. The zero-order valence-electron chi connectivity index (χ0n) is 15.1. The summed E-state index contributed by atoms with van der Waals surface area (Å²) in [5.41, 5.74) is 7.80. The summed E-state index contributed by atoms with van der Waals surface area (Å²) >= 11 is 2.60. The van der Waals surface area contributed by atoms with E-state index in [4.69, 9.17) is 10.2 Å². The molecule has 1 aromatic carbocycles. The van der Waals surface area contributed by atoms with Gasteiger partial charge in [0.15, 0.2) is 0 Å². The van der Waals surface area contributed by atoms with Crippen LogP contribution in [-0.2, 0) is 17.6 Å². The van der Waals surface area contributed by atoms with Gasteiger partial charge in [0.1, 0.15) is 5.00 Å². The predicted molar refractivity (Wildman–Crippen MR) is 109 cm³/mol. The molecule has 28 heavy (non-hydrogen) atoms. The number of nitrogens with one attached hydrogen (secondary N) is 1. The van der Waals surface area contributed by atoms with E-state index in [9.17, 15) is 9.59 Å². The van der Waals surface area contributed by atoms with Gasteiger partial charge in [-0.1, -0.05) is 30.0 Å². The van der Waals surface area contributed by atoms with Gasteiger partial charge >= 0.3 is 0 Å². The maximum absolute atomic E-state index is 12.6. The quantitative estimate of drug-likeness (QED) is 0.597. The normalized spacial score (nSPS) is 13.9. The Hall–Kier alpha value is -2.65. The van der Waals surface area contributed by atoms with Crippen LogP contribution in [0.2, 0.25) is 0 Å². The summed E-state index contributed by atoms with van der Waals surface area (Å²) in [6.45, 7) is 1.75. The Labute approximate surface area is 169 Å². The largest absolute Gasteiger partial charge is 0.411 e. The lowest BCUT2D eigenvalue weighted by molar-refractivity contribution is -0.115. The second-order valence-corrected chi connectivity index (χ2v) is 8.81. The molecule has 3 N–H and O–H groups in total. The van der Waals surface area contributed by atoms with Crippen molar-refractivity contribution in [1.82, 2.24) is 10.2 Å². The molecule has 0 saturated heterocycles. The average molecular weight is 415 g/mol. The topological polar surface area (TPSA) is 111 Å². The highest BCUT2D eigenvalue weighted by Crippen LogP contribution is 2.39. The molecule has 0 radical (unpaired) electrons. The number of nitrogens with zero attached hydrogens (tertiary/aromatic N) is 2. The third-order valence-electron chi connectivity index (χ3n) is 4.48. The number of carbonyl (C=O) groups excluding carboxylic acids is 2. The first-order valence-electron chi connectivity index (χ1n) is 8.83. The van der Waals surface area contributed by atoms with Crippen LogP contribution in [0.4, 0.5) is 5.00 Å². The molecule has 0 unspecified atom stereocenters. The third-order valence-corrected chi connectivity index (χ3v) is 6.62. The number of rotatable bonds is 6. The average Bonchev–Trinajstić information content (AvgIpc) is 3.38. The zero-order chi connectivity index (χ0) is 19.7. The Bertz CT molecular complexity index is 1030. The van der Waals surface area contributed by atoms with Gasteiger partial charge in [-0.05, 0) is 43.9 Å². The minimum atomic E-state index is -0.501. The number of thiophene rings is 1. The van der Waals surface area contributed by atoms with Crippen LogP contribution in [0.5, 0.6) is 0 Å². The fraction of sp³-hybridized carbons (Fsp3) is 0.263. The van der Waals surface area contributed by atoms with Gasteiger partial charge in [-0.2, -0.15) is 0 Å². The third kappa shape index (κ3) is 3.67. The Morgan fingerprint density at radius 1 is 1.25 bits per heavy atom. The number of anilines is 1. The van der Waals surface area contributed by atoms with Gasteiger partial charge in [0, 0.05) is 10.4 Å². The van der Waals surface area contributed by atoms with Crippen LogP contribution in [0.25, 0.3) is 11.5 Å². The van der Waals surface area contributed by atoms with E-state index in [0.29, 0.717) is 21.7 Å². The second-order valence-electron chi connectivity index (χ2n) is 6.41. The van der Waals surface area contributed by atoms with E-state index >= 15 is 0 Å². The maximum atomic E-state index is 12.6. The van der Waals surface area contributed by atoms with Crippen molar-refractivity contribution >= 4 is 39.9 Å². The highest BCUT2D eigenvalue weighted by atomic mass is 32.2. The molecule has 0 bridgehead atoms. The second kappa shape index (κ2) is 7.76. The van der Waals surface area contributed by atoms with Crippen molar-refractivity contribution in [2.24, 2.45) is 5.73 Å². The molecular weight excluding hydrogens is 396 g/mol. The number of hydrogen-bond acceptors (Lipinski definition) is 7. The number of hydrogen-bond donors (Lipinski definition) is 2. The molecule has 0 spiro atoms. The van der Waals surface area contributed by atoms with Crippen LogP contribution >= 0.6 is 23.1 Å². The SMILES string of the molecule is C[C@H](Sc1nnc(-c2ccccc2)o1)C(=O)Nc1sc2c(c1C(N)=O)CCC2. The lowest BCUT2D eigenvalue weighted by Crippen LogP contribution is -2.24. The van der Waals surface area contributed by atoms with Crippen LogP contribution in [-0.4, -0.2) is 27.3 Å². The summed E-state index contributed by atoms with van der Waals surface area (Å²) in [6.07, 6.45) is 2.77. The van der Waals surface area contributed by atoms with Crippen molar-refractivity contribution < 1.29 is 14.0 Å². The van der Waals surface area contributed by atoms with Gasteiger partial charge in [-0.15, -0.1) is 21.5 Å². The molecule has 1 aliphatic rings. The molecule has 2 amide bonds. The van der Waals surface area contributed by atoms with Crippen molar-refractivity contribution in [1.29, 1.82) is 0 Å². The van der Waals surface area contributed by atoms with Gasteiger partial charge < -0.3 is 15.5 Å². The summed E-state index contributed by atoms with van der Waals surface area (Å²) in [5.74, 6) is -0.340. The molecule has 1 aliphatic carbocycles. The van der Waals surface area contributed by atoms with Crippen LogP contribution in [0.3, 0.4) is 0 Å². The standard InChI is InChI=1S/C19H18N4O3S2/c1-10(27-19-23-22-17(26-19)11-6-3-2-4-7-11)16(25)21-18-14(15(20)24)12-8-5-9-13(12)28-18/h2-4,6-7,10H,5,8-9H2,1H3,(H2,20,24)(H,21,25)/t10-/m0/s1. The minimum Gasteiger partial charge on any atom is -0.411 e.